The molecule has 1 aromatic rings. The number of carbonyl (C=O) groups is 1. The zero-order valence-electron chi connectivity index (χ0n) is 11.1. The summed E-state index contributed by atoms with van der Waals surface area (Å²) in [6, 6.07) is 0. The SMILES string of the molecule is NCC(=O)NCc1cn(CC2CC3CCC2C3)nn1. The Hall–Kier alpha value is -1.43. The van der Waals surface area contributed by atoms with Crippen molar-refractivity contribution >= 4 is 5.91 Å². The van der Waals surface area contributed by atoms with E-state index >= 15 is 0 Å². The first-order valence-corrected chi connectivity index (χ1v) is 7.10. The number of nitrogens with one attached hydrogen (secondary N) is 1. The highest BCUT2D eigenvalue weighted by Gasteiger charge is 2.39. The van der Waals surface area contributed by atoms with E-state index in [-0.39, 0.29) is 12.5 Å². The molecule has 2 aliphatic carbocycles. The van der Waals surface area contributed by atoms with Crippen molar-refractivity contribution in [2.45, 2.75) is 38.8 Å². The van der Waals surface area contributed by atoms with Gasteiger partial charge in [-0.25, -0.2) is 0 Å². The van der Waals surface area contributed by atoms with Gasteiger partial charge in [0.25, 0.3) is 0 Å². The molecule has 104 valence electrons. The number of nitrogens with zero attached hydrogens (tertiary/aromatic N) is 3. The number of nitrogens with two attached hydrogens (primary N) is 1. The molecule has 0 spiro atoms. The quantitative estimate of drug-likeness (QED) is 0.799. The average molecular weight is 263 g/mol. The maximum atomic E-state index is 11.1. The Morgan fingerprint density at radius 1 is 1.47 bits per heavy atom. The van der Waals surface area contributed by atoms with Crippen molar-refractivity contribution in [1.82, 2.24) is 20.3 Å². The predicted octanol–water partition coefficient (Wildman–Crippen LogP) is 0.289. The molecule has 3 rings (SSSR count). The van der Waals surface area contributed by atoms with Crippen LogP contribution in [-0.4, -0.2) is 27.4 Å². The molecule has 3 unspecified atom stereocenters. The topological polar surface area (TPSA) is 85.8 Å². The normalized spacial score (nSPS) is 28.8. The van der Waals surface area contributed by atoms with Gasteiger partial charge in [0.15, 0.2) is 0 Å². The molecular weight excluding hydrogens is 242 g/mol. The molecule has 2 fully saturated rings. The Morgan fingerprint density at radius 3 is 3.05 bits per heavy atom. The summed E-state index contributed by atoms with van der Waals surface area (Å²) >= 11 is 0. The maximum absolute atomic E-state index is 11.1. The Bertz CT molecular complexity index is 458. The number of fused-ring (bicyclic) bond motifs is 2. The van der Waals surface area contributed by atoms with Crippen molar-refractivity contribution < 1.29 is 4.79 Å². The van der Waals surface area contributed by atoms with Crippen LogP contribution in [0, 0.1) is 17.8 Å². The van der Waals surface area contributed by atoms with Crippen LogP contribution in [0.4, 0.5) is 0 Å². The molecular formula is C13H21N5O. The molecule has 0 saturated heterocycles. The van der Waals surface area contributed by atoms with Gasteiger partial charge >= 0.3 is 0 Å². The Morgan fingerprint density at radius 2 is 2.37 bits per heavy atom. The number of hydrogen-bond acceptors (Lipinski definition) is 4. The fourth-order valence-electron chi connectivity index (χ4n) is 3.61. The van der Waals surface area contributed by atoms with Gasteiger partial charge in [0.05, 0.1) is 19.3 Å². The summed E-state index contributed by atoms with van der Waals surface area (Å²) < 4.78 is 1.93. The zero-order chi connectivity index (χ0) is 13.2. The van der Waals surface area contributed by atoms with E-state index < -0.39 is 0 Å². The van der Waals surface area contributed by atoms with Crippen molar-refractivity contribution in [3.8, 4) is 0 Å². The molecule has 6 nitrogen and oxygen atoms in total. The Kier molecular flexibility index (Phi) is 3.50. The first-order chi connectivity index (χ1) is 9.24. The minimum absolute atomic E-state index is 0.0132. The molecule has 3 N–H and O–H groups in total. The number of hydrogen-bond donors (Lipinski definition) is 2. The second-order valence-corrected chi connectivity index (χ2v) is 5.85. The lowest BCUT2D eigenvalue weighted by molar-refractivity contribution is -0.119. The van der Waals surface area contributed by atoms with E-state index in [4.69, 9.17) is 5.73 Å². The van der Waals surface area contributed by atoms with E-state index in [1.54, 1.807) is 0 Å². The van der Waals surface area contributed by atoms with E-state index in [0.29, 0.717) is 6.54 Å². The first kappa shape index (κ1) is 12.6. The van der Waals surface area contributed by atoms with Crippen LogP contribution in [0.2, 0.25) is 0 Å². The van der Waals surface area contributed by atoms with E-state index in [1.807, 2.05) is 10.9 Å². The molecule has 6 heteroatoms. The molecule has 1 amide bonds. The second kappa shape index (κ2) is 5.28. The van der Waals surface area contributed by atoms with E-state index in [0.717, 1.165) is 30.0 Å². The monoisotopic (exact) mass is 263 g/mol. The lowest BCUT2D eigenvalue weighted by Gasteiger charge is -2.20. The van der Waals surface area contributed by atoms with Crippen molar-refractivity contribution in [2.24, 2.45) is 23.5 Å². The van der Waals surface area contributed by atoms with Crippen LogP contribution in [0.5, 0.6) is 0 Å². The first-order valence-electron chi connectivity index (χ1n) is 7.10. The molecule has 19 heavy (non-hydrogen) atoms. The van der Waals surface area contributed by atoms with E-state index in [9.17, 15) is 4.79 Å². The van der Waals surface area contributed by atoms with Gasteiger partial charge in [-0.05, 0) is 37.0 Å². The van der Waals surface area contributed by atoms with Gasteiger partial charge in [0, 0.05) is 6.54 Å². The fourth-order valence-corrected chi connectivity index (χ4v) is 3.61. The number of aromatic nitrogens is 3. The fraction of sp³-hybridized carbons (Fsp3) is 0.769. The predicted molar refractivity (Wildman–Crippen MR) is 69.9 cm³/mol. The molecule has 0 radical (unpaired) electrons. The molecule has 0 aliphatic heterocycles. The highest BCUT2D eigenvalue weighted by atomic mass is 16.1. The number of amides is 1. The summed E-state index contributed by atoms with van der Waals surface area (Å²) in [7, 11) is 0. The molecule has 1 heterocycles. The van der Waals surface area contributed by atoms with Gasteiger partial charge in [-0.1, -0.05) is 11.6 Å². The van der Waals surface area contributed by atoms with Crippen LogP contribution in [0.3, 0.4) is 0 Å². The van der Waals surface area contributed by atoms with Crippen molar-refractivity contribution in [2.75, 3.05) is 6.54 Å². The Labute approximate surface area is 112 Å². The van der Waals surface area contributed by atoms with Crippen molar-refractivity contribution in [3.63, 3.8) is 0 Å². The third-order valence-corrected chi connectivity index (χ3v) is 4.54. The van der Waals surface area contributed by atoms with Crippen molar-refractivity contribution in [1.29, 1.82) is 0 Å². The van der Waals surface area contributed by atoms with Gasteiger partial charge in [-0.3, -0.25) is 9.48 Å². The minimum Gasteiger partial charge on any atom is -0.349 e. The van der Waals surface area contributed by atoms with E-state index in [2.05, 4.69) is 15.6 Å². The standard InChI is InChI=1S/C13H21N5O/c14-5-13(19)15-6-12-8-18(17-16-12)7-11-4-9-1-2-10(11)3-9/h8-11H,1-7,14H2,(H,15,19). The molecule has 2 aliphatic rings. The summed E-state index contributed by atoms with van der Waals surface area (Å²) in [5, 5.41) is 10.9. The molecule has 2 saturated carbocycles. The van der Waals surface area contributed by atoms with Gasteiger partial charge in [0.1, 0.15) is 5.69 Å². The van der Waals surface area contributed by atoms with Crippen LogP contribution in [0.25, 0.3) is 0 Å². The summed E-state index contributed by atoms with van der Waals surface area (Å²) in [5.41, 5.74) is 6.03. The maximum Gasteiger partial charge on any atom is 0.234 e. The highest BCUT2D eigenvalue weighted by molar-refractivity contribution is 5.77. The van der Waals surface area contributed by atoms with Crippen LogP contribution >= 0.6 is 0 Å². The average Bonchev–Trinajstić information content (AvgIpc) is 3.12. The van der Waals surface area contributed by atoms with Crippen LogP contribution in [0.1, 0.15) is 31.4 Å². The lowest BCUT2D eigenvalue weighted by Crippen LogP contribution is -2.29. The summed E-state index contributed by atoms with van der Waals surface area (Å²) in [6.07, 6.45) is 7.52. The molecule has 3 atom stereocenters. The summed E-state index contributed by atoms with van der Waals surface area (Å²) in [5.74, 6) is 2.46. The van der Waals surface area contributed by atoms with Crippen LogP contribution in [-0.2, 0) is 17.9 Å². The lowest BCUT2D eigenvalue weighted by atomic mass is 9.89. The van der Waals surface area contributed by atoms with Gasteiger partial charge in [-0.2, -0.15) is 0 Å². The van der Waals surface area contributed by atoms with Crippen LogP contribution < -0.4 is 11.1 Å². The molecule has 0 aromatic carbocycles. The third kappa shape index (κ3) is 2.78. The highest BCUT2D eigenvalue weighted by Crippen LogP contribution is 2.48. The smallest absolute Gasteiger partial charge is 0.234 e. The minimum atomic E-state index is -0.164. The van der Waals surface area contributed by atoms with Crippen molar-refractivity contribution in [3.05, 3.63) is 11.9 Å². The van der Waals surface area contributed by atoms with Gasteiger partial charge < -0.3 is 11.1 Å². The van der Waals surface area contributed by atoms with Gasteiger partial charge in [0.2, 0.25) is 5.91 Å². The summed E-state index contributed by atoms with van der Waals surface area (Å²) in [6.45, 7) is 1.39. The van der Waals surface area contributed by atoms with Crippen LogP contribution in [0.15, 0.2) is 6.20 Å². The molecule has 2 bridgehead atoms. The van der Waals surface area contributed by atoms with E-state index in [1.165, 1.54) is 25.7 Å². The largest absolute Gasteiger partial charge is 0.349 e. The summed E-state index contributed by atoms with van der Waals surface area (Å²) in [4.78, 5) is 11.1. The van der Waals surface area contributed by atoms with Gasteiger partial charge in [-0.15, -0.1) is 5.10 Å². The number of carbonyl (C=O) groups excluding carboxylic acids is 1. The zero-order valence-corrected chi connectivity index (χ0v) is 11.1. The number of rotatable bonds is 5. The molecule has 1 aromatic heterocycles. The second-order valence-electron chi connectivity index (χ2n) is 5.85. The third-order valence-electron chi connectivity index (χ3n) is 4.54. The Balaban J connectivity index is 1.52.